The Morgan fingerprint density at radius 1 is 1.40 bits per heavy atom. The van der Waals surface area contributed by atoms with E-state index in [0.717, 1.165) is 18.4 Å². The van der Waals surface area contributed by atoms with Crippen molar-refractivity contribution in [3.05, 3.63) is 35.4 Å². The molecule has 0 radical (unpaired) electrons. The third-order valence-electron chi connectivity index (χ3n) is 1.97. The lowest BCUT2D eigenvalue weighted by atomic mass is 10.1. The van der Waals surface area contributed by atoms with Gasteiger partial charge in [-0.25, -0.2) is 4.79 Å². The summed E-state index contributed by atoms with van der Waals surface area (Å²) < 4.78 is 0. The van der Waals surface area contributed by atoms with Crippen molar-refractivity contribution in [2.75, 3.05) is 6.61 Å². The van der Waals surface area contributed by atoms with Gasteiger partial charge in [-0.1, -0.05) is 31.0 Å². The predicted octanol–water partition coefficient (Wildman–Crippen LogP) is 2.88. The van der Waals surface area contributed by atoms with Gasteiger partial charge in [0, 0.05) is 0 Å². The smallest absolute Gasteiger partial charge is 0.293 e. The van der Waals surface area contributed by atoms with Gasteiger partial charge >= 0.3 is 5.97 Å². The van der Waals surface area contributed by atoms with Crippen LogP contribution in [-0.2, 0) is 9.78 Å². The van der Waals surface area contributed by atoms with Crippen LogP contribution < -0.4 is 0 Å². The highest BCUT2D eigenvalue weighted by Crippen LogP contribution is 2.05. The average molecular weight is 208 g/mol. The first-order valence-electron chi connectivity index (χ1n) is 5.14. The Labute approximate surface area is 89.9 Å². The van der Waals surface area contributed by atoms with Gasteiger partial charge in [-0.3, -0.25) is 4.89 Å². The fourth-order valence-corrected chi connectivity index (χ4v) is 1.12. The normalized spacial score (nSPS) is 10.0. The molecule has 0 atom stereocenters. The molecule has 1 rings (SSSR count). The number of carbonyl (C=O) groups excluding carboxylic acids is 1. The fraction of sp³-hybridized carbons (Fsp3) is 0.417. The first-order chi connectivity index (χ1) is 7.24. The molecular formula is C12H16O3. The zero-order valence-electron chi connectivity index (χ0n) is 9.16. The molecule has 0 amide bonds. The van der Waals surface area contributed by atoms with Crippen molar-refractivity contribution >= 4 is 5.97 Å². The lowest BCUT2D eigenvalue weighted by molar-refractivity contribution is -0.241. The van der Waals surface area contributed by atoms with Gasteiger partial charge in [-0.05, 0) is 25.5 Å². The molecule has 0 fully saturated rings. The van der Waals surface area contributed by atoms with Gasteiger partial charge < -0.3 is 0 Å². The largest absolute Gasteiger partial charge is 0.373 e. The summed E-state index contributed by atoms with van der Waals surface area (Å²) in [4.78, 5) is 20.8. The molecule has 0 aromatic heterocycles. The Morgan fingerprint density at radius 3 is 2.87 bits per heavy atom. The third-order valence-corrected chi connectivity index (χ3v) is 1.97. The number of unbranched alkanes of at least 4 members (excludes halogenated alkanes) is 1. The quantitative estimate of drug-likeness (QED) is 0.424. The summed E-state index contributed by atoms with van der Waals surface area (Å²) in [6.07, 6.45) is 1.91. The van der Waals surface area contributed by atoms with Crippen LogP contribution in [0.5, 0.6) is 0 Å². The maximum Gasteiger partial charge on any atom is 0.373 e. The lowest BCUT2D eigenvalue weighted by Gasteiger charge is -2.03. The molecule has 1 aromatic rings. The van der Waals surface area contributed by atoms with E-state index in [0.29, 0.717) is 12.2 Å². The fourth-order valence-electron chi connectivity index (χ4n) is 1.12. The van der Waals surface area contributed by atoms with Crippen LogP contribution in [0.1, 0.15) is 35.7 Å². The molecule has 0 heterocycles. The van der Waals surface area contributed by atoms with Gasteiger partial charge in [-0.15, -0.1) is 0 Å². The lowest BCUT2D eigenvalue weighted by Crippen LogP contribution is -2.06. The zero-order valence-corrected chi connectivity index (χ0v) is 9.16. The van der Waals surface area contributed by atoms with E-state index in [1.807, 2.05) is 26.0 Å². The highest BCUT2D eigenvalue weighted by molar-refractivity contribution is 5.89. The molecule has 0 bridgehead atoms. The summed E-state index contributed by atoms with van der Waals surface area (Å²) in [6, 6.07) is 7.22. The van der Waals surface area contributed by atoms with E-state index in [9.17, 15) is 4.79 Å². The minimum Gasteiger partial charge on any atom is -0.293 e. The van der Waals surface area contributed by atoms with Crippen LogP contribution in [-0.4, -0.2) is 12.6 Å². The highest BCUT2D eigenvalue weighted by atomic mass is 17.2. The van der Waals surface area contributed by atoms with Crippen molar-refractivity contribution in [2.45, 2.75) is 26.7 Å². The van der Waals surface area contributed by atoms with Crippen molar-refractivity contribution in [1.29, 1.82) is 0 Å². The van der Waals surface area contributed by atoms with E-state index in [4.69, 9.17) is 4.89 Å². The molecule has 0 N–H and O–H groups in total. The molecule has 0 spiro atoms. The van der Waals surface area contributed by atoms with E-state index >= 15 is 0 Å². The molecule has 0 saturated carbocycles. The number of benzene rings is 1. The molecule has 3 heteroatoms. The van der Waals surface area contributed by atoms with Gasteiger partial charge in [0.05, 0.1) is 12.2 Å². The first kappa shape index (κ1) is 11.7. The molecule has 3 nitrogen and oxygen atoms in total. The molecule has 0 aliphatic rings. The van der Waals surface area contributed by atoms with Crippen LogP contribution in [0.4, 0.5) is 0 Å². The molecule has 15 heavy (non-hydrogen) atoms. The Balaban J connectivity index is 2.40. The van der Waals surface area contributed by atoms with Crippen molar-refractivity contribution < 1.29 is 14.6 Å². The summed E-state index contributed by atoms with van der Waals surface area (Å²) in [5.41, 5.74) is 1.55. The minimum atomic E-state index is -0.435. The number of hydrogen-bond acceptors (Lipinski definition) is 3. The summed E-state index contributed by atoms with van der Waals surface area (Å²) >= 11 is 0. The summed E-state index contributed by atoms with van der Waals surface area (Å²) in [7, 11) is 0. The second kappa shape index (κ2) is 6.19. The van der Waals surface area contributed by atoms with Crippen LogP contribution in [0.25, 0.3) is 0 Å². The van der Waals surface area contributed by atoms with E-state index in [1.54, 1.807) is 12.1 Å². The van der Waals surface area contributed by atoms with Crippen LogP contribution >= 0.6 is 0 Å². The number of aryl methyl sites for hydroxylation is 1. The van der Waals surface area contributed by atoms with Gasteiger partial charge in [-0.2, -0.15) is 4.89 Å². The summed E-state index contributed by atoms with van der Waals surface area (Å²) in [5, 5.41) is 0. The van der Waals surface area contributed by atoms with Crippen LogP contribution in [0.3, 0.4) is 0 Å². The van der Waals surface area contributed by atoms with Gasteiger partial charge in [0.25, 0.3) is 0 Å². The molecular weight excluding hydrogens is 192 g/mol. The topological polar surface area (TPSA) is 35.5 Å². The van der Waals surface area contributed by atoms with Crippen LogP contribution in [0.15, 0.2) is 24.3 Å². The van der Waals surface area contributed by atoms with E-state index in [-0.39, 0.29) is 0 Å². The summed E-state index contributed by atoms with van der Waals surface area (Å²) in [5.74, 6) is -0.435. The number of hydrogen-bond donors (Lipinski definition) is 0. The Kier molecular flexibility index (Phi) is 4.84. The van der Waals surface area contributed by atoms with E-state index in [2.05, 4.69) is 4.89 Å². The Bertz CT molecular complexity index is 320. The Morgan fingerprint density at radius 2 is 2.20 bits per heavy atom. The summed E-state index contributed by atoms with van der Waals surface area (Å²) in [6.45, 7) is 4.43. The van der Waals surface area contributed by atoms with Crippen molar-refractivity contribution in [2.24, 2.45) is 0 Å². The van der Waals surface area contributed by atoms with Crippen molar-refractivity contribution in [3.8, 4) is 0 Å². The van der Waals surface area contributed by atoms with Gasteiger partial charge in [0.1, 0.15) is 0 Å². The monoisotopic (exact) mass is 208 g/mol. The first-order valence-corrected chi connectivity index (χ1v) is 5.14. The molecule has 0 aliphatic carbocycles. The molecule has 0 unspecified atom stereocenters. The number of rotatable bonds is 5. The molecule has 82 valence electrons. The van der Waals surface area contributed by atoms with Crippen LogP contribution in [0.2, 0.25) is 0 Å². The van der Waals surface area contributed by atoms with Gasteiger partial charge in [0.2, 0.25) is 0 Å². The predicted molar refractivity (Wildman–Crippen MR) is 57.5 cm³/mol. The highest BCUT2D eigenvalue weighted by Gasteiger charge is 2.07. The van der Waals surface area contributed by atoms with Crippen molar-refractivity contribution in [1.82, 2.24) is 0 Å². The maximum atomic E-state index is 11.4. The Hall–Kier alpha value is -1.35. The van der Waals surface area contributed by atoms with E-state index in [1.165, 1.54) is 0 Å². The van der Waals surface area contributed by atoms with Crippen LogP contribution in [0, 0.1) is 6.92 Å². The maximum absolute atomic E-state index is 11.4. The molecule has 1 aromatic carbocycles. The number of carbonyl (C=O) groups is 1. The molecule has 0 aliphatic heterocycles. The van der Waals surface area contributed by atoms with Crippen molar-refractivity contribution in [3.63, 3.8) is 0 Å². The van der Waals surface area contributed by atoms with Gasteiger partial charge in [0.15, 0.2) is 0 Å². The molecule has 0 saturated heterocycles. The van der Waals surface area contributed by atoms with E-state index < -0.39 is 5.97 Å². The zero-order chi connectivity index (χ0) is 11.1. The second-order valence-electron chi connectivity index (χ2n) is 3.42. The SMILES string of the molecule is CCCCOOC(=O)c1cccc(C)c1. The minimum absolute atomic E-state index is 0.435. The average Bonchev–Trinajstić information content (AvgIpc) is 2.24. The second-order valence-corrected chi connectivity index (χ2v) is 3.42. The third kappa shape index (κ3) is 4.13. The standard InChI is InChI=1S/C12H16O3/c1-3-4-8-14-15-12(13)11-7-5-6-10(2)9-11/h5-7,9H,3-4,8H2,1-2H3.